The Morgan fingerprint density at radius 1 is 1.42 bits per heavy atom. The molecule has 1 aliphatic heterocycles. The van der Waals surface area contributed by atoms with Gasteiger partial charge in [0, 0.05) is 18.4 Å². The summed E-state index contributed by atoms with van der Waals surface area (Å²) in [6.07, 6.45) is 6.76. The highest BCUT2D eigenvalue weighted by Gasteiger charge is 2.38. The predicted molar refractivity (Wildman–Crippen MR) is 108 cm³/mol. The van der Waals surface area contributed by atoms with E-state index in [2.05, 4.69) is 30.2 Å². The number of nitrogens with zero attached hydrogens (tertiary/aromatic N) is 2. The zero-order valence-electron chi connectivity index (χ0n) is 16.2. The average Bonchev–Trinajstić information content (AvgIpc) is 2.60. The molecule has 0 spiro atoms. The van der Waals surface area contributed by atoms with Crippen LogP contribution in [0, 0.1) is 5.41 Å². The van der Waals surface area contributed by atoms with Gasteiger partial charge in [0.25, 0.3) is 0 Å². The van der Waals surface area contributed by atoms with E-state index in [0.717, 1.165) is 37.8 Å². The fourth-order valence-corrected chi connectivity index (χ4v) is 3.52. The summed E-state index contributed by atoms with van der Waals surface area (Å²) < 4.78 is 15.4. The molecule has 0 aromatic heterocycles. The fraction of sp³-hybridized carbons (Fsp3) is 0.722. The predicted octanol–water partition coefficient (Wildman–Crippen LogP) is 3.45. The molecule has 8 heteroatoms. The maximum Gasteiger partial charge on any atom is 0.409 e. The molecule has 26 heavy (non-hydrogen) atoms. The van der Waals surface area contributed by atoms with Crippen molar-refractivity contribution in [2.24, 2.45) is 10.1 Å². The van der Waals surface area contributed by atoms with Crippen LogP contribution in [0.15, 0.2) is 16.0 Å². The average molecular weight is 386 g/mol. The van der Waals surface area contributed by atoms with Crippen molar-refractivity contribution >= 4 is 30.5 Å². The summed E-state index contributed by atoms with van der Waals surface area (Å²) in [5.41, 5.74) is 6.55. The normalized spacial score (nSPS) is 21.7. The van der Waals surface area contributed by atoms with E-state index in [4.69, 9.17) is 20.6 Å². The first-order chi connectivity index (χ1) is 12.4. The number of thiol groups is 1. The number of carbonyl (C=O) groups is 1. The number of ether oxygens (including phenoxy) is 2. The molecule has 0 fully saturated rings. The summed E-state index contributed by atoms with van der Waals surface area (Å²) in [7, 11) is 2.02. The van der Waals surface area contributed by atoms with E-state index in [-0.39, 0.29) is 12.1 Å². The Kier molecular flexibility index (Phi) is 9.72. The van der Waals surface area contributed by atoms with Gasteiger partial charge in [-0.05, 0) is 19.2 Å². The molecule has 1 amide bonds. The highest BCUT2D eigenvalue weighted by atomic mass is 32.1. The molecule has 0 saturated heterocycles. The van der Waals surface area contributed by atoms with Crippen LogP contribution in [0.5, 0.6) is 0 Å². The zero-order valence-corrected chi connectivity index (χ0v) is 17.1. The smallest absolute Gasteiger partial charge is 0.409 e. The minimum Gasteiger partial charge on any atom is -0.477 e. The van der Waals surface area contributed by atoms with Gasteiger partial charge in [0.1, 0.15) is 12.3 Å². The number of amides is 1. The molecule has 2 atom stereocenters. The van der Waals surface area contributed by atoms with Gasteiger partial charge in [-0.15, -0.1) is 0 Å². The molecule has 0 bridgehead atoms. The molecule has 2 unspecified atom stereocenters. The van der Waals surface area contributed by atoms with Crippen LogP contribution >= 0.6 is 12.8 Å². The third-order valence-electron chi connectivity index (χ3n) is 4.72. The molecule has 1 heterocycles. The van der Waals surface area contributed by atoms with Gasteiger partial charge in [0.2, 0.25) is 12.1 Å². The summed E-state index contributed by atoms with van der Waals surface area (Å²) >= 11 is 4.04. The van der Waals surface area contributed by atoms with Gasteiger partial charge in [0.15, 0.2) is 0 Å². The maximum absolute atomic E-state index is 11.2. The minimum absolute atomic E-state index is 0.0417. The van der Waals surface area contributed by atoms with Crippen LogP contribution in [0.1, 0.15) is 52.4 Å². The summed E-state index contributed by atoms with van der Waals surface area (Å²) in [5.74, 6) is 0.0417. The van der Waals surface area contributed by atoms with Crippen LogP contribution in [0.25, 0.3) is 0 Å². The number of nitrogens with one attached hydrogen (secondary N) is 1. The first kappa shape index (κ1) is 22.5. The van der Waals surface area contributed by atoms with Gasteiger partial charge >= 0.3 is 6.09 Å². The van der Waals surface area contributed by atoms with E-state index in [1.54, 1.807) is 0 Å². The number of quaternary nitrogens is 1. The Hall–Kier alpha value is -1.54. The second-order valence-corrected chi connectivity index (χ2v) is 7.07. The van der Waals surface area contributed by atoms with Crippen LogP contribution < -0.4 is 5.73 Å². The van der Waals surface area contributed by atoms with Gasteiger partial charge in [-0.25, -0.2) is 9.19 Å². The largest absolute Gasteiger partial charge is 0.477 e. The third-order valence-corrected chi connectivity index (χ3v) is 4.92. The van der Waals surface area contributed by atoms with E-state index in [9.17, 15) is 4.79 Å². The summed E-state index contributed by atoms with van der Waals surface area (Å²) in [4.78, 5) is 11.2. The Morgan fingerprint density at radius 2 is 2.15 bits per heavy atom. The van der Waals surface area contributed by atoms with E-state index >= 15 is 0 Å². The molecule has 7 nitrogen and oxygen atoms in total. The highest BCUT2D eigenvalue weighted by molar-refractivity contribution is 7.79. The van der Waals surface area contributed by atoms with Gasteiger partial charge in [-0.3, -0.25) is 9.89 Å². The van der Waals surface area contributed by atoms with Crippen molar-refractivity contribution in [2.45, 2.75) is 58.6 Å². The molecule has 148 valence electrons. The quantitative estimate of drug-likeness (QED) is 0.177. The standard InChI is InChI=1S/C18H32N4O3S/c1-4-6-7-8-12-24-17(19)16(21-26)14-10-9-11-22(3,13-14)15(5-2)25-18(20)23/h10,15H,4-9,11-13H2,1-3H3,(H3-,19,20,23,26)/p+1. The first-order valence-corrected chi connectivity index (χ1v) is 9.71. The number of primary amides is 1. The van der Waals surface area contributed by atoms with E-state index in [1.807, 2.05) is 14.0 Å². The van der Waals surface area contributed by atoms with Crippen molar-refractivity contribution in [3.63, 3.8) is 0 Å². The molecule has 0 aromatic carbocycles. The SMILES string of the molecule is CCCCCCOC(=N)/C(=N\S)C1=CCC[N+](C)(C(CC)OC(N)=O)C1. The van der Waals surface area contributed by atoms with Crippen LogP contribution in [-0.4, -0.2) is 55.2 Å². The summed E-state index contributed by atoms with van der Waals surface area (Å²) in [6, 6.07) is 0. The number of unbranched alkanes of at least 4 members (excludes halogenated alkanes) is 3. The van der Waals surface area contributed by atoms with Crippen molar-refractivity contribution in [3.8, 4) is 0 Å². The molecule has 0 saturated carbocycles. The molecule has 1 aliphatic rings. The first-order valence-electron chi connectivity index (χ1n) is 9.31. The van der Waals surface area contributed by atoms with Gasteiger partial charge in [-0.2, -0.15) is 0 Å². The topological polar surface area (TPSA) is 97.8 Å². The van der Waals surface area contributed by atoms with Gasteiger partial charge in [0.05, 0.1) is 20.2 Å². The van der Waals surface area contributed by atoms with Gasteiger partial charge < -0.3 is 15.2 Å². The number of likely N-dealkylation sites (N-methyl/N-ethyl adjacent to an activating group) is 1. The molecule has 3 N–H and O–H groups in total. The molecule has 0 radical (unpaired) electrons. The van der Waals surface area contributed by atoms with Crippen LogP contribution in [0.4, 0.5) is 4.79 Å². The number of carbonyl (C=O) groups excluding carboxylic acids is 1. The lowest BCUT2D eigenvalue weighted by Gasteiger charge is -2.42. The van der Waals surface area contributed by atoms with E-state index in [1.165, 1.54) is 6.42 Å². The van der Waals surface area contributed by atoms with Crippen molar-refractivity contribution in [1.29, 1.82) is 5.41 Å². The third kappa shape index (κ3) is 6.64. The number of rotatable bonds is 10. The Balaban J connectivity index is 2.74. The zero-order chi connectivity index (χ0) is 19.6. The lowest BCUT2D eigenvalue weighted by Crippen LogP contribution is -2.57. The Morgan fingerprint density at radius 3 is 2.73 bits per heavy atom. The molecule has 0 aliphatic carbocycles. The monoisotopic (exact) mass is 385 g/mol. The molecular weight excluding hydrogens is 352 g/mol. The molecule has 0 aromatic rings. The second-order valence-electron chi connectivity index (χ2n) is 6.87. The number of nitrogens with two attached hydrogens (primary N) is 1. The Labute approximate surface area is 162 Å². The van der Waals surface area contributed by atoms with Crippen molar-refractivity contribution in [1.82, 2.24) is 0 Å². The second kappa shape index (κ2) is 11.2. The summed E-state index contributed by atoms with van der Waals surface area (Å²) in [5, 5.41) is 8.20. The summed E-state index contributed by atoms with van der Waals surface area (Å²) in [6.45, 7) is 6.02. The highest BCUT2D eigenvalue weighted by Crippen LogP contribution is 2.24. The van der Waals surface area contributed by atoms with E-state index < -0.39 is 6.09 Å². The van der Waals surface area contributed by atoms with Crippen molar-refractivity contribution < 1.29 is 18.8 Å². The van der Waals surface area contributed by atoms with Crippen LogP contribution in [0.2, 0.25) is 0 Å². The molecule has 1 rings (SSSR count). The van der Waals surface area contributed by atoms with Crippen molar-refractivity contribution in [2.75, 3.05) is 26.7 Å². The Bertz CT molecular complexity index is 551. The maximum atomic E-state index is 11.2. The number of hydrogen-bond acceptors (Lipinski definition) is 6. The van der Waals surface area contributed by atoms with Crippen LogP contribution in [0.3, 0.4) is 0 Å². The molecular formula is C18H33N4O3S+. The minimum atomic E-state index is -0.765. The lowest BCUT2D eigenvalue weighted by molar-refractivity contribution is -0.949. The fourth-order valence-electron chi connectivity index (χ4n) is 3.30. The number of hydrogen-bond donors (Lipinski definition) is 3. The lowest BCUT2D eigenvalue weighted by atomic mass is 10.0. The van der Waals surface area contributed by atoms with Crippen molar-refractivity contribution in [3.05, 3.63) is 11.6 Å². The van der Waals surface area contributed by atoms with Gasteiger partial charge in [-0.1, -0.05) is 39.2 Å². The van der Waals surface area contributed by atoms with E-state index in [0.29, 0.717) is 29.8 Å². The van der Waals surface area contributed by atoms with Crippen LogP contribution in [-0.2, 0) is 9.47 Å².